The number of Topliss-reactive ketones (excluding diaryl/α,β-unsaturated/α-hetero) is 14. The molecule has 1 saturated carbocycles. The van der Waals surface area contributed by atoms with E-state index in [9.17, 15) is 67.1 Å². The maximum absolute atomic E-state index is 11.3. The second-order valence-electron chi connectivity index (χ2n) is 38.8. The van der Waals surface area contributed by atoms with E-state index in [-0.39, 0.29) is 136 Å². The van der Waals surface area contributed by atoms with Gasteiger partial charge in [-0.05, 0) is 365 Å². The molecule has 39 heteroatoms. The van der Waals surface area contributed by atoms with Gasteiger partial charge in [0.2, 0.25) is 0 Å². The third-order valence-corrected chi connectivity index (χ3v) is 25.9. The number of rotatable bonds is 41. The van der Waals surface area contributed by atoms with E-state index >= 15 is 0 Å². The monoisotopic (exact) mass is 2060 g/mol. The zero-order valence-corrected chi connectivity index (χ0v) is 95.0. The van der Waals surface area contributed by atoms with E-state index in [1.54, 1.807) is 137 Å². The lowest BCUT2D eigenvalue weighted by atomic mass is 9.79. The molecule has 0 bridgehead atoms. The lowest BCUT2D eigenvalue weighted by Gasteiger charge is -2.34. The molecule has 8 rings (SSSR count). The molecule has 5 saturated heterocycles. The number of ketones is 14. The van der Waals surface area contributed by atoms with Gasteiger partial charge in [-0.2, -0.15) is 0 Å². The number of nitrogens with one attached hydrogen (secondary N) is 8. The fraction of sp³-hybridized carbons (Fsp3) is 0.755. The van der Waals surface area contributed by atoms with Crippen LogP contribution in [0.5, 0.6) is 0 Å². The average molecular weight is 2060 g/mol. The van der Waals surface area contributed by atoms with Crippen molar-refractivity contribution in [1.82, 2.24) is 66.6 Å². The standard InChI is InChI=1S/C11H16N2O.C11H23NO.C9H12N2O.C9H18N2O.C9H17NO.C8H16N2O.2C7H14N2O.C7H16N2O.C7H13NO.2C6H14N2O.C5H12N2O.C4H10N2O/c1-8(14)11(13-2)7-9-3-5-10(12)6-4-9;1-3-11(6-4-5-9-12)8-7-10(2)13;1-6(12)7-3-8(10)5-9(4-7)11-2;1-8(12)7-11(2)9-3-5-10-6-4-9;1-8(11)9(10-2)6-4-3-5-7-9;1-6(11)8-5-7(9)3-4-10(8)2;1-5(10)7-3-6(8)4-9(7)2;1-5(10)7-6(8)3-4-9(7)2;1-6(10)7(9-2)4-3-5-8;1-6(9)7-4-3-5-8(7)2;1-6(9)5-8(2)4-3-7;1-5(9)6(8-2)3-4-7;1-4(8)5(3-6)7-2;1-3(7)4(5)6-2/h3-6,11,13H,7,12H2,1-2H3;11H,3-9,12H2,1-2H3;3-5,11H,10H2,1-2H3;9-10H,3-7H2,1-2H3;10H,3-7H2,1-2H3;7-8H,3-5,9H2,1-2H3;2*6-7H,3-4,8H2,1-2H3;7,9H,3-5,8H2,1-2H3;7H,3-5H2,1-2H3;3-5,7H2,1-2H3;6,8H,3-4,7H2,1-2H3;5,7H,3,6H2,1-2H3;4,6H,5H2,1-2H3/t;11-;;;;;;;;;;;;/m.0............/s1. The van der Waals surface area contributed by atoms with E-state index in [0.717, 1.165) is 159 Å². The fourth-order valence-electron chi connectivity index (χ4n) is 16.6. The Hall–Kier alpha value is -7.66. The van der Waals surface area contributed by atoms with Crippen LogP contribution in [0.4, 0.5) is 17.1 Å². The van der Waals surface area contributed by atoms with Crippen molar-refractivity contribution in [3.63, 3.8) is 0 Å². The third kappa shape index (κ3) is 74.8. The first-order valence-electron chi connectivity index (χ1n) is 51.9. The van der Waals surface area contributed by atoms with Gasteiger partial charge in [-0.1, -0.05) is 57.6 Å². The zero-order valence-electron chi connectivity index (χ0n) is 95.0. The van der Waals surface area contributed by atoms with Crippen LogP contribution in [0.2, 0.25) is 0 Å². The summed E-state index contributed by atoms with van der Waals surface area (Å²) in [6.45, 7) is 35.5. The molecule has 6 aliphatic rings. The van der Waals surface area contributed by atoms with Crippen LogP contribution in [-0.2, 0) is 68.7 Å². The van der Waals surface area contributed by atoms with E-state index in [1.807, 2.05) is 88.3 Å². The minimum Gasteiger partial charge on any atom is -0.399 e. The predicted octanol–water partition coefficient (Wildman–Crippen LogP) is 3.73. The van der Waals surface area contributed by atoms with Gasteiger partial charge in [0.05, 0.1) is 67.0 Å². The summed E-state index contributed by atoms with van der Waals surface area (Å²) >= 11 is 0. The molecule has 6 fully saturated rings. The number of likely N-dealkylation sites (tertiary alicyclic amines) is 4. The molecule has 145 heavy (non-hydrogen) atoms. The lowest BCUT2D eigenvalue weighted by molar-refractivity contribution is -0.124. The summed E-state index contributed by atoms with van der Waals surface area (Å²) in [6, 6.07) is 14.0. The molecule has 13 atom stereocenters. The number of nitrogen functional groups attached to an aromatic ring is 2. The summed E-state index contributed by atoms with van der Waals surface area (Å²) in [5.74, 6) is 3.36. The Balaban J connectivity index is -0.000000360. The van der Waals surface area contributed by atoms with Gasteiger partial charge in [0.15, 0.2) is 11.6 Å². The number of benzene rings is 2. The van der Waals surface area contributed by atoms with Gasteiger partial charge in [-0.15, -0.1) is 0 Å². The molecule has 2 aromatic rings. The number of nitrogens with zero attached hydrogens (tertiary/aromatic N) is 6. The maximum Gasteiger partial charge on any atom is 0.160 e. The Morgan fingerprint density at radius 3 is 1.27 bits per heavy atom. The van der Waals surface area contributed by atoms with E-state index in [0.29, 0.717) is 80.3 Å². The smallest absolute Gasteiger partial charge is 0.160 e. The molecule has 2 aromatic carbocycles. The van der Waals surface area contributed by atoms with Crippen LogP contribution in [0.25, 0.3) is 0 Å². The first-order valence-corrected chi connectivity index (χ1v) is 51.9. The van der Waals surface area contributed by atoms with Crippen molar-refractivity contribution in [2.45, 2.75) is 336 Å². The Bertz CT molecular complexity index is 3850. The Labute approximate surface area is 874 Å². The number of nitrogens with two attached hydrogens (primary N) is 11. The molecule has 5 aliphatic heterocycles. The summed E-state index contributed by atoms with van der Waals surface area (Å²) in [7, 11) is 24.2. The number of unbranched alkanes of at least 4 members (excludes halogenated alkanes) is 1. The summed E-state index contributed by atoms with van der Waals surface area (Å²) < 4.78 is 0. The Morgan fingerprint density at radius 1 is 0.469 bits per heavy atom. The van der Waals surface area contributed by atoms with Gasteiger partial charge >= 0.3 is 0 Å². The van der Waals surface area contributed by atoms with Crippen molar-refractivity contribution >= 4 is 98.0 Å². The maximum atomic E-state index is 11.3. The molecule has 5 heterocycles. The van der Waals surface area contributed by atoms with Crippen molar-refractivity contribution in [1.29, 1.82) is 0 Å². The molecule has 1 aliphatic carbocycles. The molecule has 0 amide bonds. The number of piperidine rings is 2. The molecule has 12 unspecified atom stereocenters. The van der Waals surface area contributed by atoms with Crippen molar-refractivity contribution in [3.8, 4) is 0 Å². The molecule has 0 aromatic heterocycles. The summed E-state index contributed by atoms with van der Waals surface area (Å²) in [5.41, 5.74) is 63.6. The van der Waals surface area contributed by atoms with Crippen molar-refractivity contribution in [3.05, 3.63) is 53.6 Å². The van der Waals surface area contributed by atoms with E-state index in [4.69, 9.17) is 63.1 Å². The first kappa shape index (κ1) is 148. The normalized spacial score (nSPS) is 19.4. The van der Waals surface area contributed by atoms with Crippen LogP contribution in [0, 0.1) is 5.92 Å². The second-order valence-corrected chi connectivity index (χ2v) is 38.8. The molecular weight excluding hydrogens is 1850 g/mol. The second kappa shape index (κ2) is 89.2. The van der Waals surface area contributed by atoms with Gasteiger partial charge in [0.25, 0.3) is 0 Å². The molecule has 0 radical (unpaired) electrons. The van der Waals surface area contributed by atoms with E-state index < -0.39 is 6.17 Å². The van der Waals surface area contributed by atoms with E-state index in [2.05, 4.69) is 64.2 Å². The molecule has 0 spiro atoms. The van der Waals surface area contributed by atoms with Gasteiger partial charge < -0.3 is 105 Å². The first-order chi connectivity index (χ1) is 67.9. The number of carbonyl (C=O) groups is 14. The largest absolute Gasteiger partial charge is 0.399 e. The minimum atomic E-state index is -0.486. The Kier molecular flexibility index (Phi) is 91.0. The highest BCUT2D eigenvalue weighted by Crippen LogP contribution is 2.29. The van der Waals surface area contributed by atoms with Crippen molar-refractivity contribution < 1.29 is 67.1 Å². The number of hydrogen-bond acceptors (Lipinski definition) is 39. The summed E-state index contributed by atoms with van der Waals surface area (Å²) in [4.78, 5) is 164. The van der Waals surface area contributed by atoms with Crippen molar-refractivity contribution in [2.75, 3.05) is 200 Å². The zero-order chi connectivity index (χ0) is 113. The SMILES string of the molecule is CC(=O)C1C(N)CCN1C.CC(=O)C1CC(N)CCN1C.CC(=O)C1CC(N)CN1C.CC(=O)C1CCCN1C.CC(=O)CN(C)C1CCNCC1.CC(=O)CN(C)CCN.CC[C@@H](CCCCN)CCC(C)=O.CNC(CCCN)C(C)=O.CNC(CCN)C(C)=O.CNC(CN)C(C)=O.CNC(Cc1ccc(N)cc1)C(C)=O.CNC(N)C(C)=O.CNC1(C(C)=O)CCCCC1.CNc1cc(N)cc(C(C)=O)c1. The third-order valence-electron chi connectivity index (χ3n) is 25.9. The summed E-state index contributed by atoms with van der Waals surface area (Å²) in [5, 5.41) is 23.6. The quantitative estimate of drug-likeness (QED) is 0.0195. The summed E-state index contributed by atoms with van der Waals surface area (Å²) in [6.07, 6.45) is 23.2. The van der Waals surface area contributed by atoms with Crippen LogP contribution in [0.15, 0.2) is 42.5 Å². The number of anilines is 3. The van der Waals surface area contributed by atoms with Crippen LogP contribution in [-0.4, -0.2) is 378 Å². The predicted molar refractivity (Wildman–Crippen MR) is 596 cm³/mol. The molecule has 842 valence electrons. The minimum absolute atomic E-state index is 0.00329. The highest BCUT2D eigenvalue weighted by Gasteiger charge is 2.36. The fourth-order valence-corrected chi connectivity index (χ4v) is 16.6. The number of likely N-dealkylation sites (N-methyl/N-ethyl adjacent to an activating group) is 12. The van der Waals surface area contributed by atoms with Crippen LogP contribution in [0.1, 0.15) is 261 Å². The van der Waals surface area contributed by atoms with Crippen LogP contribution >= 0.6 is 0 Å². The lowest BCUT2D eigenvalue weighted by Crippen LogP contribution is -2.50. The Morgan fingerprint density at radius 2 is 0.959 bits per heavy atom. The van der Waals surface area contributed by atoms with Crippen LogP contribution < -0.4 is 106 Å². The molecule has 39 nitrogen and oxygen atoms in total. The molecule has 30 N–H and O–H groups in total. The van der Waals surface area contributed by atoms with E-state index in [1.165, 1.54) is 78.6 Å². The highest BCUT2D eigenvalue weighted by atomic mass is 16.2. The van der Waals surface area contributed by atoms with Gasteiger partial charge in [-0.3, -0.25) is 97.0 Å². The average Bonchev–Trinajstić information content (AvgIpc) is 1.82. The highest BCUT2D eigenvalue weighted by molar-refractivity contribution is 5.96. The van der Waals surface area contributed by atoms with Gasteiger partial charge in [0, 0.05) is 99.5 Å². The number of hydrogen-bond donors (Lipinski definition) is 19. The van der Waals surface area contributed by atoms with Crippen LogP contribution in [0.3, 0.4) is 0 Å². The van der Waals surface area contributed by atoms with Gasteiger partial charge in [-0.25, -0.2) is 0 Å². The topological polar surface area (TPSA) is 641 Å². The molecular formula is C106H209N25O14. The number of carbonyl (C=O) groups excluding carboxylic acids is 14. The van der Waals surface area contributed by atoms with Crippen molar-refractivity contribution in [2.24, 2.45) is 57.5 Å². The van der Waals surface area contributed by atoms with Gasteiger partial charge in [0.1, 0.15) is 75.6 Å².